The average Bonchev–Trinajstić information content (AvgIpc) is 2.19. The zero-order chi connectivity index (χ0) is 11.5. The third-order valence-electron chi connectivity index (χ3n) is 1.43. The molecule has 0 fully saturated rings. The number of rotatable bonds is 10. The Morgan fingerprint density at radius 1 is 0.600 bits per heavy atom. The van der Waals surface area contributed by atoms with Gasteiger partial charge >= 0.3 is 0 Å². The largest absolute Gasteiger partial charge is 0.330 e. The maximum Gasteiger partial charge on any atom is 0.275 e. The molecule has 0 radical (unpaired) electrons. The van der Waals surface area contributed by atoms with Crippen LogP contribution in [-0.4, -0.2) is 39.4 Å². The molecule has 0 saturated carbocycles. The molecule has 0 aromatic heterocycles. The highest BCUT2D eigenvalue weighted by atomic mass is 16.9. The lowest BCUT2D eigenvalue weighted by atomic mass is 10.8. The minimum atomic E-state index is -0.733. The zero-order valence-electron chi connectivity index (χ0n) is 10.0. The molecule has 92 valence electrons. The van der Waals surface area contributed by atoms with Gasteiger partial charge in [0.05, 0.1) is 0 Å². The molecule has 0 N–H and O–H groups in total. The lowest BCUT2D eigenvalue weighted by Crippen LogP contribution is -2.31. The van der Waals surface area contributed by atoms with Gasteiger partial charge < -0.3 is 18.9 Å². The molecule has 0 heterocycles. The van der Waals surface area contributed by atoms with Gasteiger partial charge in [-0.15, -0.1) is 0 Å². The van der Waals surface area contributed by atoms with E-state index in [1.54, 1.807) is 0 Å². The molecule has 0 aliphatic rings. The fourth-order valence-electron chi connectivity index (χ4n) is 0.888. The van der Waals surface area contributed by atoms with E-state index < -0.39 is 13.0 Å². The first-order valence-corrected chi connectivity index (χ1v) is 5.40. The van der Waals surface area contributed by atoms with Crippen LogP contribution in [0.3, 0.4) is 0 Å². The van der Waals surface area contributed by atoms with Gasteiger partial charge in [0, 0.05) is 26.4 Å². The Morgan fingerprint density at radius 3 is 1.07 bits per heavy atom. The minimum Gasteiger partial charge on any atom is -0.330 e. The Morgan fingerprint density at radius 2 is 0.867 bits per heavy atom. The van der Waals surface area contributed by atoms with Crippen molar-refractivity contribution in [1.82, 2.24) is 0 Å². The van der Waals surface area contributed by atoms with E-state index in [0.717, 1.165) is 0 Å². The molecular weight excluding hydrogens is 200 g/mol. The van der Waals surface area contributed by atoms with Crippen LogP contribution in [0.1, 0.15) is 27.7 Å². The highest BCUT2D eigenvalue weighted by Crippen LogP contribution is 2.05. The number of hydrogen-bond acceptors (Lipinski definition) is 5. The monoisotopic (exact) mass is 222 g/mol. The highest BCUT2D eigenvalue weighted by molar-refractivity contribution is 4.29. The van der Waals surface area contributed by atoms with E-state index in [1.165, 1.54) is 0 Å². The van der Waals surface area contributed by atoms with Crippen LogP contribution < -0.4 is 0 Å². The molecule has 0 saturated heterocycles. The maximum absolute atomic E-state index is 5.32. The van der Waals surface area contributed by atoms with Crippen molar-refractivity contribution < 1.29 is 23.7 Å². The molecule has 5 heteroatoms. The summed E-state index contributed by atoms with van der Waals surface area (Å²) in [6.07, 6.45) is 0. The fraction of sp³-hybridized carbons (Fsp3) is 1.00. The van der Waals surface area contributed by atoms with Crippen LogP contribution in [0.25, 0.3) is 0 Å². The topological polar surface area (TPSA) is 46.2 Å². The summed E-state index contributed by atoms with van der Waals surface area (Å²) in [7, 11) is 0. The van der Waals surface area contributed by atoms with Crippen molar-refractivity contribution in [2.45, 2.75) is 40.6 Å². The average molecular weight is 222 g/mol. The van der Waals surface area contributed by atoms with Crippen LogP contribution in [0.15, 0.2) is 0 Å². The van der Waals surface area contributed by atoms with Crippen molar-refractivity contribution >= 4 is 0 Å². The molecule has 0 spiro atoms. The maximum atomic E-state index is 5.32. The van der Waals surface area contributed by atoms with Crippen LogP contribution in [0, 0.1) is 0 Å². The van der Waals surface area contributed by atoms with Gasteiger partial charge in [-0.1, -0.05) is 0 Å². The van der Waals surface area contributed by atoms with Crippen molar-refractivity contribution in [3.05, 3.63) is 0 Å². The summed E-state index contributed by atoms with van der Waals surface area (Å²) in [5.41, 5.74) is 0. The molecule has 0 unspecified atom stereocenters. The smallest absolute Gasteiger partial charge is 0.275 e. The normalized spacial score (nSPS) is 11.6. The second-order valence-electron chi connectivity index (χ2n) is 2.53. The Balaban J connectivity index is 3.93. The summed E-state index contributed by atoms with van der Waals surface area (Å²) < 4.78 is 26.1. The first kappa shape index (κ1) is 14.8. The molecule has 0 aliphatic carbocycles. The van der Waals surface area contributed by atoms with Crippen LogP contribution in [-0.2, 0) is 23.7 Å². The summed E-state index contributed by atoms with van der Waals surface area (Å²) in [6, 6.07) is 0. The standard InChI is InChI=1S/C10H22O5/c1-5-11-9(12-6-2)15-10(13-7-3)14-8-4/h9-10H,5-8H2,1-4H3. The Bertz CT molecular complexity index is 105. The SMILES string of the molecule is CCOC(OCC)OC(OCC)OCC. The molecule has 5 nitrogen and oxygen atoms in total. The van der Waals surface area contributed by atoms with Gasteiger partial charge in [-0.25, -0.2) is 0 Å². The number of hydrogen-bond donors (Lipinski definition) is 0. The van der Waals surface area contributed by atoms with Gasteiger partial charge in [-0.2, -0.15) is 0 Å². The Kier molecular flexibility index (Phi) is 10.2. The summed E-state index contributed by atoms with van der Waals surface area (Å²) in [5.74, 6) is 0. The second-order valence-corrected chi connectivity index (χ2v) is 2.53. The molecule has 0 rings (SSSR count). The molecule has 0 aliphatic heterocycles. The van der Waals surface area contributed by atoms with Crippen LogP contribution in [0.2, 0.25) is 0 Å². The summed E-state index contributed by atoms with van der Waals surface area (Å²) in [4.78, 5) is 0. The van der Waals surface area contributed by atoms with E-state index >= 15 is 0 Å². The minimum absolute atomic E-state index is 0.510. The molecule has 0 amide bonds. The van der Waals surface area contributed by atoms with Crippen molar-refractivity contribution in [3.8, 4) is 0 Å². The third-order valence-corrected chi connectivity index (χ3v) is 1.43. The quantitative estimate of drug-likeness (QED) is 0.527. The predicted molar refractivity (Wildman–Crippen MR) is 55.2 cm³/mol. The van der Waals surface area contributed by atoms with Crippen molar-refractivity contribution in [3.63, 3.8) is 0 Å². The Labute approximate surface area is 91.6 Å². The van der Waals surface area contributed by atoms with Gasteiger partial charge in [0.25, 0.3) is 13.0 Å². The van der Waals surface area contributed by atoms with E-state index in [2.05, 4.69) is 0 Å². The Hall–Kier alpha value is -0.200. The van der Waals surface area contributed by atoms with Gasteiger partial charge in [0.1, 0.15) is 0 Å². The van der Waals surface area contributed by atoms with E-state index in [1.807, 2.05) is 27.7 Å². The molecule has 0 aromatic carbocycles. The van der Waals surface area contributed by atoms with E-state index in [9.17, 15) is 0 Å². The third kappa shape index (κ3) is 7.70. The van der Waals surface area contributed by atoms with Crippen LogP contribution >= 0.6 is 0 Å². The summed E-state index contributed by atoms with van der Waals surface area (Å²) >= 11 is 0. The van der Waals surface area contributed by atoms with E-state index in [-0.39, 0.29) is 0 Å². The molecule has 0 bridgehead atoms. The van der Waals surface area contributed by atoms with E-state index in [4.69, 9.17) is 23.7 Å². The first-order valence-electron chi connectivity index (χ1n) is 5.40. The highest BCUT2D eigenvalue weighted by Gasteiger charge is 2.17. The molecular formula is C10H22O5. The van der Waals surface area contributed by atoms with Crippen LogP contribution in [0.5, 0.6) is 0 Å². The lowest BCUT2D eigenvalue weighted by Gasteiger charge is -2.23. The summed E-state index contributed by atoms with van der Waals surface area (Å²) in [5, 5.41) is 0. The lowest BCUT2D eigenvalue weighted by molar-refractivity contribution is -0.395. The first-order chi connectivity index (χ1) is 7.28. The summed E-state index contributed by atoms with van der Waals surface area (Å²) in [6.45, 7) is 8.04. The van der Waals surface area contributed by atoms with Crippen molar-refractivity contribution in [2.24, 2.45) is 0 Å². The molecule has 0 atom stereocenters. The number of ether oxygens (including phenoxy) is 5. The predicted octanol–water partition coefficient (Wildman–Crippen LogP) is 1.72. The van der Waals surface area contributed by atoms with Crippen molar-refractivity contribution in [1.29, 1.82) is 0 Å². The van der Waals surface area contributed by atoms with Gasteiger partial charge in [0.15, 0.2) is 0 Å². The van der Waals surface area contributed by atoms with Crippen molar-refractivity contribution in [2.75, 3.05) is 26.4 Å². The molecule has 0 aromatic rings. The van der Waals surface area contributed by atoms with Gasteiger partial charge in [-0.3, -0.25) is 4.74 Å². The fourth-order valence-corrected chi connectivity index (χ4v) is 0.888. The van der Waals surface area contributed by atoms with Gasteiger partial charge in [0.2, 0.25) is 0 Å². The van der Waals surface area contributed by atoms with E-state index in [0.29, 0.717) is 26.4 Å². The van der Waals surface area contributed by atoms with Crippen LogP contribution in [0.4, 0.5) is 0 Å². The van der Waals surface area contributed by atoms with Gasteiger partial charge in [-0.05, 0) is 27.7 Å². The zero-order valence-corrected chi connectivity index (χ0v) is 10.0. The molecule has 15 heavy (non-hydrogen) atoms. The second kappa shape index (κ2) is 10.3.